The lowest BCUT2D eigenvalue weighted by Gasteiger charge is -2.30. The Bertz CT molecular complexity index is 1080. The van der Waals surface area contributed by atoms with Crippen LogP contribution in [0.4, 0.5) is 5.69 Å². The van der Waals surface area contributed by atoms with Gasteiger partial charge in [0.2, 0.25) is 0 Å². The number of hydrogen-bond donors (Lipinski definition) is 1. The van der Waals surface area contributed by atoms with Gasteiger partial charge in [0.1, 0.15) is 4.90 Å². The van der Waals surface area contributed by atoms with E-state index in [1.54, 1.807) is 20.2 Å². The summed E-state index contributed by atoms with van der Waals surface area (Å²) in [6.07, 6.45) is 1.59. The maximum absolute atomic E-state index is 13.3. The van der Waals surface area contributed by atoms with Crippen LogP contribution in [0.1, 0.15) is 5.69 Å². The van der Waals surface area contributed by atoms with Crippen molar-refractivity contribution in [3.8, 4) is 0 Å². The molecule has 1 fully saturated rings. The van der Waals surface area contributed by atoms with Gasteiger partial charge < -0.3 is 10.2 Å². The smallest absolute Gasteiger partial charge is 0.273 e. The molecule has 7 nitrogen and oxygen atoms in total. The zero-order valence-electron chi connectivity index (χ0n) is 14.6. The lowest BCUT2D eigenvalue weighted by Crippen LogP contribution is -2.43. The topological polar surface area (TPSA) is 72.2 Å². The van der Waals surface area contributed by atoms with Crippen LogP contribution in [-0.2, 0) is 17.1 Å². The molecule has 1 N–H and O–H groups in total. The number of aromatic nitrogens is 3. The standard InChI is InChI=1S/C17H20ClN5O2S/c1-12-16(17(18)20-21(12)2)26(24,25)23-9-6-13-14(4-3-5-15(13)23)22-10-7-19-8-11-22/h3-6,9,19H,7-8,10-11H2,1-2H3. The third-order valence-electron chi connectivity index (χ3n) is 4.89. The van der Waals surface area contributed by atoms with Gasteiger partial charge in [-0.2, -0.15) is 5.10 Å². The Kier molecular flexibility index (Phi) is 4.21. The van der Waals surface area contributed by atoms with Crippen molar-refractivity contribution in [2.45, 2.75) is 11.8 Å². The van der Waals surface area contributed by atoms with E-state index in [2.05, 4.69) is 15.3 Å². The SMILES string of the molecule is Cc1c(S(=O)(=O)n2ccc3c(N4CCNCC4)cccc32)c(Cl)nn1C. The van der Waals surface area contributed by atoms with Gasteiger partial charge in [0.05, 0.1) is 11.2 Å². The minimum Gasteiger partial charge on any atom is -0.368 e. The van der Waals surface area contributed by atoms with Gasteiger partial charge in [-0.3, -0.25) is 4.68 Å². The van der Waals surface area contributed by atoms with Crippen LogP contribution in [0, 0.1) is 6.92 Å². The molecule has 3 aromatic rings. The highest BCUT2D eigenvalue weighted by molar-refractivity contribution is 7.90. The number of rotatable bonds is 3. The highest BCUT2D eigenvalue weighted by Gasteiger charge is 2.28. The van der Waals surface area contributed by atoms with Gasteiger partial charge in [-0.15, -0.1) is 0 Å². The fourth-order valence-corrected chi connectivity index (χ4v) is 5.60. The monoisotopic (exact) mass is 393 g/mol. The Morgan fingerprint density at radius 1 is 1.19 bits per heavy atom. The lowest BCUT2D eigenvalue weighted by molar-refractivity contribution is 0.587. The molecule has 0 bridgehead atoms. The van der Waals surface area contributed by atoms with Crippen molar-refractivity contribution in [2.24, 2.45) is 7.05 Å². The van der Waals surface area contributed by atoms with Crippen LogP contribution in [0.2, 0.25) is 5.15 Å². The molecule has 0 spiro atoms. The maximum Gasteiger partial charge on any atom is 0.273 e. The second kappa shape index (κ2) is 6.29. The molecule has 0 radical (unpaired) electrons. The highest BCUT2D eigenvalue weighted by Crippen LogP contribution is 2.32. The first kappa shape index (κ1) is 17.4. The molecule has 0 saturated carbocycles. The number of hydrogen-bond acceptors (Lipinski definition) is 5. The highest BCUT2D eigenvalue weighted by atomic mass is 35.5. The zero-order valence-corrected chi connectivity index (χ0v) is 16.2. The molecule has 3 heterocycles. The zero-order chi connectivity index (χ0) is 18.5. The first-order chi connectivity index (χ1) is 12.4. The Hall–Kier alpha value is -2.03. The lowest BCUT2D eigenvalue weighted by atomic mass is 10.2. The van der Waals surface area contributed by atoms with Crippen molar-refractivity contribution in [1.29, 1.82) is 0 Å². The second-order valence-electron chi connectivity index (χ2n) is 6.39. The fraction of sp³-hybridized carbons (Fsp3) is 0.353. The van der Waals surface area contributed by atoms with E-state index < -0.39 is 10.0 Å². The van der Waals surface area contributed by atoms with Crippen molar-refractivity contribution >= 4 is 38.2 Å². The summed E-state index contributed by atoms with van der Waals surface area (Å²) >= 11 is 6.12. The number of aryl methyl sites for hydroxylation is 1. The van der Waals surface area contributed by atoms with Crippen molar-refractivity contribution < 1.29 is 8.42 Å². The Labute approximate surface area is 157 Å². The molecule has 0 amide bonds. The average molecular weight is 394 g/mol. The van der Waals surface area contributed by atoms with Crippen LogP contribution in [-0.4, -0.2) is 48.3 Å². The Balaban J connectivity index is 1.88. The molecular formula is C17H20ClN5O2S. The molecule has 1 aliphatic rings. The molecule has 138 valence electrons. The van der Waals surface area contributed by atoms with Crippen LogP contribution in [0.3, 0.4) is 0 Å². The van der Waals surface area contributed by atoms with Crippen molar-refractivity contribution in [3.05, 3.63) is 41.3 Å². The van der Waals surface area contributed by atoms with E-state index in [0.717, 1.165) is 37.3 Å². The predicted octanol–water partition coefficient (Wildman–Crippen LogP) is 1.98. The summed E-state index contributed by atoms with van der Waals surface area (Å²) in [5.74, 6) is 0. The van der Waals surface area contributed by atoms with Crippen LogP contribution in [0.5, 0.6) is 0 Å². The number of nitrogens with zero attached hydrogens (tertiary/aromatic N) is 4. The molecule has 0 atom stereocenters. The molecule has 0 aliphatic carbocycles. The van der Waals surface area contributed by atoms with Gasteiger partial charge in [0.15, 0.2) is 5.15 Å². The van der Waals surface area contributed by atoms with Crippen LogP contribution < -0.4 is 10.2 Å². The predicted molar refractivity (Wildman–Crippen MR) is 103 cm³/mol. The van der Waals surface area contributed by atoms with Gasteiger partial charge in [0, 0.05) is 50.5 Å². The molecule has 2 aromatic heterocycles. The van der Waals surface area contributed by atoms with E-state index in [0.29, 0.717) is 11.2 Å². The van der Waals surface area contributed by atoms with Crippen molar-refractivity contribution in [3.63, 3.8) is 0 Å². The number of piperazine rings is 1. The largest absolute Gasteiger partial charge is 0.368 e. The Morgan fingerprint density at radius 3 is 2.58 bits per heavy atom. The minimum atomic E-state index is -3.84. The van der Waals surface area contributed by atoms with Gasteiger partial charge in [0.25, 0.3) is 10.0 Å². The Morgan fingerprint density at radius 2 is 1.92 bits per heavy atom. The summed E-state index contributed by atoms with van der Waals surface area (Å²) in [6.45, 7) is 5.32. The van der Waals surface area contributed by atoms with Gasteiger partial charge in [-0.1, -0.05) is 17.7 Å². The molecule has 4 rings (SSSR count). The number of benzene rings is 1. The molecule has 1 aromatic carbocycles. The number of halogens is 1. The molecule has 26 heavy (non-hydrogen) atoms. The van der Waals surface area contributed by atoms with E-state index in [9.17, 15) is 8.42 Å². The second-order valence-corrected chi connectivity index (χ2v) is 8.50. The molecule has 1 aliphatic heterocycles. The fourth-order valence-electron chi connectivity index (χ4n) is 3.46. The summed E-state index contributed by atoms with van der Waals surface area (Å²) in [4.78, 5) is 2.32. The summed E-state index contributed by atoms with van der Waals surface area (Å²) in [7, 11) is -2.16. The third kappa shape index (κ3) is 2.60. The van der Waals surface area contributed by atoms with E-state index in [-0.39, 0.29) is 10.0 Å². The normalized spacial score (nSPS) is 15.7. The molecular weight excluding hydrogens is 374 g/mol. The minimum absolute atomic E-state index is 0.00916. The van der Waals surface area contributed by atoms with Crippen LogP contribution in [0.15, 0.2) is 35.4 Å². The summed E-state index contributed by atoms with van der Waals surface area (Å²) in [5.41, 5.74) is 2.20. The van der Waals surface area contributed by atoms with E-state index in [1.165, 1.54) is 8.65 Å². The van der Waals surface area contributed by atoms with E-state index in [4.69, 9.17) is 11.6 Å². The van der Waals surface area contributed by atoms with E-state index in [1.807, 2.05) is 24.3 Å². The number of fused-ring (bicyclic) bond motifs is 1. The van der Waals surface area contributed by atoms with Crippen molar-refractivity contribution in [1.82, 2.24) is 19.1 Å². The van der Waals surface area contributed by atoms with E-state index >= 15 is 0 Å². The summed E-state index contributed by atoms with van der Waals surface area (Å²) < 4.78 is 29.3. The van der Waals surface area contributed by atoms with Gasteiger partial charge in [-0.05, 0) is 25.1 Å². The van der Waals surface area contributed by atoms with Crippen LogP contribution in [0.25, 0.3) is 10.9 Å². The third-order valence-corrected chi connectivity index (χ3v) is 7.11. The van der Waals surface area contributed by atoms with Crippen LogP contribution >= 0.6 is 11.6 Å². The van der Waals surface area contributed by atoms with Gasteiger partial charge in [-0.25, -0.2) is 12.4 Å². The van der Waals surface area contributed by atoms with Gasteiger partial charge >= 0.3 is 0 Å². The number of anilines is 1. The molecule has 1 saturated heterocycles. The first-order valence-corrected chi connectivity index (χ1v) is 10.2. The van der Waals surface area contributed by atoms with Crippen molar-refractivity contribution in [2.75, 3.05) is 31.1 Å². The molecule has 9 heteroatoms. The maximum atomic E-state index is 13.3. The quantitative estimate of drug-likeness (QED) is 0.736. The number of nitrogens with one attached hydrogen (secondary N) is 1. The summed E-state index contributed by atoms with van der Waals surface area (Å²) in [5, 5.41) is 8.27. The molecule has 0 unspecified atom stereocenters. The average Bonchev–Trinajstić information content (AvgIpc) is 3.17. The summed E-state index contributed by atoms with van der Waals surface area (Å²) in [6, 6.07) is 7.60. The first-order valence-electron chi connectivity index (χ1n) is 8.41.